The van der Waals surface area contributed by atoms with Gasteiger partial charge in [-0.3, -0.25) is 4.79 Å². The Bertz CT molecular complexity index is 1560. The van der Waals surface area contributed by atoms with Gasteiger partial charge >= 0.3 is 0 Å². The van der Waals surface area contributed by atoms with Crippen LogP contribution in [-0.4, -0.2) is 56.1 Å². The first-order valence-corrected chi connectivity index (χ1v) is 12.4. The lowest BCUT2D eigenvalue weighted by atomic mass is 10.1. The molecule has 0 saturated carbocycles. The van der Waals surface area contributed by atoms with Crippen molar-refractivity contribution in [3.8, 4) is 0 Å². The van der Waals surface area contributed by atoms with Crippen LogP contribution in [0.15, 0.2) is 78.9 Å². The average molecular weight is 477 g/mol. The minimum Gasteiger partial charge on any atom is -0.338 e. The van der Waals surface area contributed by atoms with Crippen molar-refractivity contribution in [2.24, 2.45) is 0 Å². The second kappa shape index (κ2) is 9.07. The summed E-state index contributed by atoms with van der Waals surface area (Å²) in [5.74, 6) is 1.77. The molecule has 180 valence electrons. The van der Waals surface area contributed by atoms with E-state index in [4.69, 9.17) is 4.98 Å². The minimum absolute atomic E-state index is 0.0308. The topological polar surface area (TPSA) is 66.6 Å². The lowest BCUT2D eigenvalue weighted by Gasteiger charge is -2.40. The Morgan fingerprint density at radius 3 is 2.47 bits per heavy atom. The Labute approximate surface area is 210 Å². The summed E-state index contributed by atoms with van der Waals surface area (Å²) in [5, 5.41) is 10.2. The highest BCUT2D eigenvalue weighted by atomic mass is 16.2. The maximum atomic E-state index is 13.3. The van der Waals surface area contributed by atoms with Gasteiger partial charge in [0, 0.05) is 43.0 Å². The molecule has 36 heavy (non-hydrogen) atoms. The first kappa shape index (κ1) is 22.2. The molecule has 1 aliphatic rings. The molecule has 5 aromatic rings. The maximum absolute atomic E-state index is 13.3. The van der Waals surface area contributed by atoms with E-state index in [-0.39, 0.29) is 11.9 Å². The molecular weight excluding hydrogens is 448 g/mol. The third-order valence-corrected chi connectivity index (χ3v) is 7.05. The van der Waals surface area contributed by atoms with E-state index in [1.165, 1.54) is 5.56 Å². The van der Waals surface area contributed by atoms with Crippen LogP contribution >= 0.6 is 0 Å². The molecule has 1 aliphatic heterocycles. The summed E-state index contributed by atoms with van der Waals surface area (Å²) >= 11 is 0. The number of amides is 1. The highest BCUT2D eigenvalue weighted by molar-refractivity contribution is 5.96. The molecule has 7 heteroatoms. The molecule has 2 aromatic heterocycles. The number of rotatable bonds is 4. The summed E-state index contributed by atoms with van der Waals surface area (Å²) in [6.07, 6.45) is 0.663. The molecule has 0 radical (unpaired) electrons. The molecule has 7 nitrogen and oxygen atoms in total. The summed E-state index contributed by atoms with van der Waals surface area (Å²) in [6.45, 7) is 6.09. The molecule has 6 rings (SSSR count). The Hall–Kier alpha value is -4.26. The summed E-state index contributed by atoms with van der Waals surface area (Å²) in [5.41, 5.74) is 4.66. The van der Waals surface area contributed by atoms with Gasteiger partial charge in [0.05, 0.1) is 5.52 Å². The molecule has 0 aliphatic carbocycles. The summed E-state index contributed by atoms with van der Waals surface area (Å²) in [7, 11) is 0. The molecule has 0 spiro atoms. The number of carbonyl (C=O) groups is 1. The first-order valence-electron chi connectivity index (χ1n) is 12.4. The quantitative estimate of drug-likeness (QED) is 0.381. The van der Waals surface area contributed by atoms with E-state index in [0.29, 0.717) is 26.1 Å². The van der Waals surface area contributed by atoms with Gasteiger partial charge in [-0.2, -0.15) is 0 Å². The van der Waals surface area contributed by atoms with Gasteiger partial charge in [0.25, 0.3) is 5.91 Å². The number of nitrogens with zero attached hydrogens (tertiary/aromatic N) is 6. The van der Waals surface area contributed by atoms with Gasteiger partial charge in [-0.15, -0.1) is 10.2 Å². The van der Waals surface area contributed by atoms with E-state index in [9.17, 15) is 4.79 Å². The van der Waals surface area contributed by atoms with Gasteiger partial charge in [0.15, 0.2) is 5.65 Å². The third-order valence-electron chi connectivity index (χ3n) is 7.05. The number of para-hydroxylation sites is 1. The van der Waals surface area contributed by atoms with Crippen LogP contribution in [0.4, 0.5) is 5.95 Å². The van der Waals surface area contributed by atoms with Gasteiger partial charge in [-0.1, -0.05) is 60.7 Å². The molecule has 1 unspecified atom stereocenters. The maximum Gasteiger partial charge on any atom is 0.254 e. The minimum atomic E-state index is 0.0308. The summed E-state index contributed by atoms with van der Waals surface area (Å²) in [6, 6.07) is 26.2. The number of benzene rings is 3. The molecular formula is C29H28N6O. The number of carbonyl (C=O) groups excluding carboxylic acids is 1. The van der Waals surface area contributed by atoms with Crippen LogP contribution in [0.1, 0.15) is 34.2 Å². The molecule has 1 fully saturated rings. The first-order chi connectivity index (χ1) is 17.6. The molecule has 3 aromatic carbocycles. The number of aromatic nitrogens is 4. The van der Waals surface area contributed by atoms with Crippen molar-refractivity contribution in [2.75, 3.05) is 24.5 Å². The van der Waals surface area contributed by atoms with E-state index in [2.05, 4.69) is 38.6 Å². The largest absolute Gasteiger partial charge is 0.338 e. The van der Waals surface area contributed by atoms with Crippen LogP contribution in [0.3, 0.4) is 0 Å². The Morgan fingerprint density at radius 2 is 1.67 bits per heavy atom. The van der Waals surface area contributed by atoms with Gasteiger partial charge in [-0.05, 0) is 43.2 Å². The molecule has 0 N–H and O–H groups in total. The number of hydrogen-bond acceptors (Lipinski definition) is 5. The normalized spacial score (nSPS) is 16.1. The second-order valence-electron chi connectivity index (χ2n) is 9.48. The van der Waals surface area contributed by atoms with Crippen molar-refractivity contribution >= 4 is 28.4 Å². The number of hydrogen-bond donors (Lipinski definition) is 0. The summed E-state index contributed by atoms with van der Waals surface area (Å²) in [4.78, 5) is 22.7. The van der Waals surface area contributed by atoms with Gasteiger partial charge in [-0.25, -0.2) is 9.38 Å². The van der Waals surface area contributed by atoms with E-state index in [1.54, 1.807) is 0 Å². The molecule has 3 heterocycles. The van der Waals surface area contributed by atoms with Crippen LogP contribution in [0, 0.1) is 6.92 Å². The number of fused-ring (bicyclic) bond motifs is 3. The Balaban J connectivity index is 1.37. The third kappa shape index (κ3) is 3.86. The van der Waals surface area contributed by atoms with Crippen LogP contribution in [0.2, 0.25) is 0 Å². The lowest BCUT2D eigenvalue weighted by Crippen LogP contribution is -2.54. The zero-order valence-electron chi connectivity index (χ0n) is 20.5. The number of piperazine rings is 1. The zero-order valence-corrected chi connectivity index (χ0v) is 20.5. The highest BCUT2D eigenvalue weighted by Gasteiger charge is 2.31. The van der Waals surface area contributed by atoms with Gasteiger partial charge in [0.1, 0.15) is 5.82 Å². The van der Waals surface area contributed by atoms with Crippen molar-refractivity contribution in [2.45, 2.75) is 26.3 Å². The lowest BCUT2D eigenvalue weighted by molar-refractivity contribution is 0.0672. The standard InChI is InChI=1S/C29H28N6O/c1-20-10-6-7-13-23(20)28(36)34-17-16-33(19-21(34)2)29-30-25-15-9-8-14-24(25)27-32-31-26(35(27)29)18-22-11-4-3-5-12-22/h3-15,21H,16-19H2,1-2H3. The fraction of sp³-hybridized carbons (Fsp3) is 0.241. The Kier molecular flexibility index (Phi) is 5.60. The van der Waals surface area contributed by atoms with E-state index >= 15 is 0 Å². The predicted molar refractivity (Wildman–Crippen MR) is 141 cm³/mol. The van der Waals surface area contributed by atoms with E-state index in [1.807, 2.05) is 78.6 Å². The number of aryl methyl sites for hydroxylation is 1. The van der Waals surface area contributed by atoms with Crippen LogP contribution < -0.4 is 4.90 Å². The molecule has 1 saturated heterocycles. The Morgan fingerprint density at radius 1 is 0.917 bits per heavy atom. The highest BCUT2D eigenvalue weighted by Crippen LogP contribution is 2.27. The molecule has 0 bridgehead atoms. The average Bonchev–Trinajstić information content (AvgIpc) is 3.32. The molecule has 1 atom stereocenters. The second-order valence-corrected chi connectivity index (χ2v) is 9.48. The van der Waals surface area contributed by atoms with Crippen molar-refractivity contribution < 1.29 is 4.79 Å². The monoisotopic (exact) mass is 476 g/mol. The smallest absolute Gasteiger partial charge is 0.254 e. The van der Waals surface area contributed by atoms with Gasteiger partial charge < -0.3 is 9.80 Å². The van der Waals surface area contributed by atoms with Crippen molar-refractivity contribution in [1.29, 1.82) is 0 Å². The van der Waals surface area contributed by atoms with Crippen molar-refractivity contribution in [1.82, 2.24) is 24.5 Å². The van der Waals surface area contributed by atoms with Gasteiger partial charge in [0.2, 0.25) is 5.95 Å². The molecule has 1 amide bonds. The van der Waals surface area contributed by atoms with E-state index in [0.717, 1.165) is 39.4 Å². The van der Waals surface area contributed by atoms with Crippen LogP contribution in [-0.2, 0) is 6.42 Å². The zero-order chi connectivity index (χ0) is 24.6. The fourth-order valence-electron chi connectivity index (χ4n) is 5.13. The predicted octanol–water partition coefficient (Wildman–Crippen LogP) is 4.53. The van der Waals surface area contributed by atoms with Crippen LogP contribution in [0.25, 0.3) is 16.6 Å². The SMILES string of the molecule is Cc1ccccc1C(=O)N1CCN(c2nc3ccccc3c3nnc(Cc4ccccc4)n23)CC1C. The van der Waals surface area contributed by atoms with Crippen molar-refractivity contribution in [3.63, 3.8) is 0 Å². The fourth-order valence-corrected chi connectivity index (χ4v) is 5.13. The van der Waals surface area contributed by atoms with Crippen LogP contribution in [0.5, 0.6) is 0 Å². The van der Waals surface area contributed by atoms with Crippen molar-refractivity contribution in [3.05, 3.63) is 101 Å². The van der Waals surface area contributed by atoms with E-state index < -0.39 is 0 Å². The number of anilines is 1. The summed E-state index contributed by atoms with van der Waals surface area (Å²) < 4.78 is 2.10.